The molecule has 0 aromatic carbocycles. The molecule has 1 heterocycles. The SMILES string of the molecule is O=C(NCCO)c1ncc(Cl)c(Cl)c1Cl. The Labute approximate surface area is 101 Å². The van der Waals surface area contributed by atoms with Crippen molar-refractivity contribution in [3.8, 4) is 0 Å². The summed E-state index contributed by atoms with van der Waals surface area (Å²) in [4.78, 5) is 15.2. The van der Waals surface area contributed by atoms with E-state index < -0.39 is 5.91 Å². The zero-order valence-corrected chi connectivity index (χ0v) is 9.70. The standard InChI is InChI=1S/C8H7Cl3N2O2/c9-4-3-13-7(6(11)5(4)10)8(15)12-1-2-14/h3,14H,1-2H2,(H,12,15). The summed E-state index contributed by atoms with van der Waals surface area (Å²) < 4.78 is 0. The third-order valence-corrected chi connectivity index (χ3v) is 2.77. The van der Waals surface area contributed by atoms with Crippen molar-refractivity contribution < 1.29 is 9.90 Å². The van der Waals surface area contributed by atoms with Gasteiger partial charge in [0.05, 0.1) is 21.7 Å². The minimum Gasteiger partial charge on any atom is -0.395 e. The number of halogens is 3. The lowest BCUT2D eigenvalue weighted by atomic mass is 10.3. The van der Waals surface area contributed by atoms with Gasteiger partial charge in [-0.1, -0.05) is 34.8 Å². The summed E-state index contributed by atoms with van der Waals surface area (Å²) in [6.07, 6.45) is 1.24. The summed E-state index contributed by atoms with van der Waals surface area (Å²) in [5.74, 6) is -0.507. The average Bonchev–Trinajstić information content (AvgIpc) is 2.23. The highest BCUT2D eigenvalue weighted by Gasteiger charge is 2.16. The summed E-state index contributed by atoms with van der Waals surface area (Å²) in [6, 6.07) is 0. The van der Waals surface area contributed by atoms with Gasteiger partial charge >= 0.3 is 0 Å². The number of nitrogens with one attached hydrogen (secondary N) is 1. The normalized spacial score (nSPS) is 10.1. The predicted octanol–water partition coefficient (Wildman–Crippen LogP) is 1.76. The number of amides is 1. The summed E-state index contributed by atoms with van der Waals surface area (Å²) in [5, 5.41) is 11.2. The summed E-state index contributed by atoms with van der Waals surface area (Å²) in [7, 11) is 0. The molecule has 7 heteroatoms. The van der Waals surface area contributed by atoms with Crippen LogP contribution in [0.15, 0.2) is 6.20 Å². The number of hydrogen-bond donors (Lipinski definition) is 2. The molecule has 0 unspecified atom stereocenters. The van der Waals surface area contributed by atoms with Crippen LogP contribution in [0.5, 0.6) is 0 Å². The van der Waals surface area contributed by atoms with Crippen LogP contribution in [0, 0.1) is 0 Å². The molecule has 4 nitrogen and oxygen atoms in total. The number of aromatic nitrogens is 1. The van der Waals surface area contributed by atoms with Gasteiger partial charge in [-0.2, -0.15) is 0 Å². The number of rotatable bonds is 3. The first kappa shape index (κ1) is 12.5. The maximum absolute atomic E-state index is 11.4. The van der Waals surface area contributed by atoms with Crippen LogP contribution in [0.3, 0.4) is 0 Å². The van der Waals surface area contributed by atoms with Gasteiger partial charge in [-0.25, -0.2) is 4.98 Å². The number of pyridine rings is 1. The third-order valence-electron chi connectivity index (χ3n) is 1.53. The Kier molecular flexibility index (Phi) is 4.60. The minimum absolute atomic E-state index is 0.000364. The van der Waals surface area contributed by atoms with Crippen LogP contribution in [-0.2, 0) is 0 Å². The van der Waals surface area contributed by atoms with E-state index in [0.29, 0.717) is 0 Å². The number of aliphatic hydroxyl groups excluding tert-OH is 1. The summed E-state index contributed by atoms with van der Waals surface area (Å²) in [6.45, 7) is -0.0399. The van der Waals surface area contributed by atoms with Crippen LogP contribution in [0.25, 0.3) is 0 Å². The molecule has 0 fully saturated rings. The molecule has 0 aliphatic carbocycles. The molecule has 1 amide bonds. The molecule has 0 bridgehead atoms. The lowest BCUT2D eigenvalue weighted by molar-refractivity contribution is 0.0940. The van der Waals surface area contributed by atoms with Crippen molar-refractivity contribution in [2.24, 2.45) is 0 Å². The molecule has 0 aliphatic rings. The molecule has 2 N–H and O–H groups in total. The van der Waals surface area contributed by atoms with Crippen LogP contribution in [0.1, 0.15) is 10.5 Å². The van der Waals surface area contributed by atoms with Gasteiger partial charge < -0.3 is 10.4 Å². The molecular weight excluding hydrogens is 262 g/mol. The van der Waals surface area contributed by atoms with Gasteiger partial charge in [-0.15, -0.1) is 0 Å². The molecule has 1 rings (SSSR count). The van der Waals surface area contributed by atoms with Crippen LogP contribution in [0.2, 0.25) is 15.1 Å². The van der Waals surface area contributed by atoms with E-state index in [-0.39, 0.29) is 33.9 Å². The van der Waals surface area contributed by atoms with Gasteiger partial charge in [0.25, 0.3) is 5.91 Å². The first-order valence-electron chi connectivity index (χ1n) is 3.96. The number of nitrogens with zero attached hydrogens (tertiary/aromatic N) is 1. The van der Waals surface area contributed by atoms with E-state index in [0.717, 1.165) is 0 Å². The molecule has 0 atom stereocenters. The molecule has 1 aromatic heterocycles. The van der Waals surface area contributed by atoms with Crippen LogP contribution >= 0.6 is 34.8 Å². The van der Waals surface area contributed by atoms with E-state index in [1.807, 2.05) is 0 Å². The van der Waals surface area contributed by atoms with Crippen molar-refractivity contribution >= 4 is 40.7 Å². The minimum atomic E-state index is -0.507. The fourth-order valence-electron chi connectivity index (χ4n) is 0.855. The van der Waals surface area contributed by atoms with E-state index >= 15 is 0 Å². The smallest absolute Gasteiger partial charge is 0.271 e. The van der Waals surface area contributed by atoms with E-state index in [1.54, 1.807) is 0 Å². The second-order valence-electron chi connectivity index (χ2n) is 2.56. The predicted molar refractivity (Wildman–Crippen MR) is 58.7 cm³/mol. The Balaban J connectivity index is 2.95. The molecule has 0 saturated carbocycles. The van der Waals surface area contributed by atoms with Crippen molar-refractivity contribution in [2.75, 3.05) is 13.2 Å². The summed E-state index contributed by atoms with van der Waals surface area (Å²) in [5.41, 5.74) is -0.0143. The molecule has 0 saturated heterocycles. The van der Waals surface area contributed by atoms with Crippen LogP contribution in [-0.4, -0.2) is 29.1 Å². The van der Waals surface area contributed by atoms with Gasteiger partial charge in [0.2, 0.25) is 0 Å². The number of hydrogen-bond acceptors (Lipinski definition) is 3. The molecule has 0 radical (unpaired) electrons. The highest BCUT2D eigenvalue weighted by atomic mass is 35.5. The Morgan fingerprint density at radius 2 is 2.07 bits per heavy atom. The Hall–Kier alpha value is -0.550. The van der Waals surface area contributed by atoms with Gasteiger partial charge in [-0.3, -0.25) is 4.79 Å². The van der Waals surface area contributed by atoms with Gasteiger partial charge in [-0.05, 0) is 0 Å². The van der Waals surface area contributed by atoms with Crippen LogP contribution < -0.4 is 5.32 Å². The fourth-order valence-corrected chi connectivity index (χ4v) is 1.42. The van der Waals surface area contributed by atoms with Gasteiger partial charge in [0.15, 0.2) is 0 Å². The van der Waals surface area contributed by atoms with E-state index in [4.69, 9.17) is 39.9 Å². The van der Waals surface area contributed by atoms with Crippen molar-refractivity contribution in [1.29, 1.82) is 0 Å². The topological polar surface area (TPSA) is 62.2 Å². The maximum Gasteiger partial charge on any atom is 0.271 e. The van der Waals surface area contributed by atoms with Crippen molar-refractivity contribution in [2.45, 2.75) is 0 Å². The first-order valence-corrected chi connectivity index (χ1v) is 5.10. The first-order chi connectivity index (χ1) is 7.07. The largest absolute Gasteiger partial charge is 0.395 e. The number of aliphatic hydroxyl groups is 1. The Bertz CT molecular complexity index is 384. The molecular formula is C8H7Cl3N2O2. The molecule has 1 aromatic rings. The quantitative estimate of drug-likeness (QED) is 0.879. The highest BCUT2D eigenvalue weighted by molar-refractivity contribution is 6.48. The zero-order chi connectivity index (χ0) is 11.4. The second kappa shape index (κ2) is 5.51. The third kappa shape index (κ3) is 2.95. The fraction of sp³-hybridized carbons (Fsp3) is 0.250. The highest BCUT2D eigenvalue weighted by Crippen LogP contribution is 2.30. The van der Waals surface area contributed by atoms with E-state index in [2.05, 4.69) is 10.3 Å². The van der Waals surface area contributed by atoms with Crippen molar-refractivity contribution in [1.82, 2.24) is 10.3 Å². The lowest BCUT2D eigenvalue weighted by Crippen LogP contribution is -2.27. The Morgan fingerprint density at radius 1 is 1.40 bits per heavy atom. The second-order valence-corrected chi connectivity index (χ2v) is 3.73. The molecule has 0 aliphatic heterocycles. The molecule has 0 spiro atoms. The van der Waals surface area contributed by atoms with Crippen molar-refractivity contribution in [3.05, 3.63) is 27.0 Å². The lowest BCUT2D eigenvalue weighted by Gasteiger charge is -2.06. The monoisotopic (exact) mass is 268 g/mol. The molecule has 15 heavy (non-hydrogen) atoms. The van der Waals surface area contributed by atoms with E-state index in [9.17, 15) is 4.79 Å². The van der Waals surface area contributed by atoms with Gasteiger partial charge in [0.1, 0.15) is 5.69 Å². The summed E-state index contributed by atoms with van der Waals surface area (Å²) >= 11 is 17.1. The number of carbonyl (C=O) groups is 1. The van der Waals surface area contributed by atoms with E-state index in [1.165, 1.54) is 6.20 Å². The zero-order valence-electron chi connectivity index (χ0n) is 7.43. The molecule has 82 valence electrons. The van der Waals surface area contributed by atoms with Gasteiger partial charge in [0, 0.05) is 12.7 Å². The maximum atomic E-state index is 11.4. The average molecular weight is 270 g/mol. The Morgan fingerprint density at radius 3 is 2.67 bits per heavy atom. The van der Waals surface area contributed by atoms with Crippen molar-refractivity contribution in [3.63, 3.8) is 0 Å². The number of carbonyl (C=O) groups excluding carboxylic acids is 1. The van der Waals surface area contributed by atoms with Crippen LogP contribution in [0.4, 0.5) is 0 Å².